The molecule has 1 aromatic rings. The van der Waals surface area contributed by atoms with Crippen LogP contribution >= 0.6 is 12.4 Å². The van der Waals surface area contributed by atoms with E-state index in [0.717, 1.165) is 0 Å². The number of hydrogen-bond donors (Lipinski definition) is 2. The minimum atomic E-state index is -2.85. The molecule has 1 aromatic carbocycles. The number of carbonyl (C=O) groups excluding carboxylic acids is 1. The Balaban J connectivity index is 0.00000361. The van der Waals surface area contributed by atoms with E-state index in [4.69, 9.17) is 0 Å². The molecule has 114 valence electrons. The van der Waals surface area contributed by atoms with Gasteiger partial charge in [-0.25, -0.2) is 0 Å². The molecule has 0 aromatic heterocycles. The molecule has 2 N–H and O–H groups in total. The van der Waals surface area contributed by atoms with E-state index in [0.29, 0.717) is 12.1 Å². The first-order valence-electron chi connectivity index (χ1n) is 5.99. The molecular weight excluding hydrogens is 290 g/mol. The lowest BCUT2D eigenvalue weighted by Crippen LogP contribution is -2.33. The summed E-state index contributed by atoms with van der Waals surface area (Å²) in [6.45, 7) is -0.170. The second-order valence-corrected chi connectivity index (χ2v) is 4.20. The van der Waals surface area contributed by atoms with Crippen LogP contribution in [0, 0.1) is 5.92 Å². The Bertz CT molecular complexity index is 419. The molecule has 0 saturated carbocycles. The molecule has 0 aliphatic rings. The molecule has 20 heavy (non-hydrogen) atoms. The summed E-state index contributed by atoms with van der Waals surface area (Å²) in [5.74, 6) is -0.148. The summed E-state index contributed by atoms with van der Waals surface area (Å²) >= 11 is 0. The van der Waals surface area contributed by atoms with Crippen LogP contribution in [0.4, 0.5) is 8.78 Å². The van der Waals surface area contributed by atoms with E-state index < -0.39 is 6.61 Å². The van der Waals surface area contributed by atoms with Gasteiger partial charge in [0.2, 0.25) is 5.91 Å². The predicted octanol–water partition coefficient (Wildman–Crippen LogP) is 2.18. The third-order valence-electron chi connectivity index (χ3n) is 2.55. The molecule has 0 radical (unpaired) electrons. The summed E-state index contributed by atoms with van der Waals surface area (Å²) in [6.07, 6.45) is 0. The Hall–Kier alpha value is -1.40. The molecular formula is C13H19ClF2N2O2. The molecule has 1 unspecified atom stereocenters. The lowest BCUT2D eigenvalue weighted by molar-refractivity contribution is -0.124. The van der Waals surface area contributed by atoms with Crippen LogP contribution < -0.4 is 15.4 Å². The molecule has 0 aliphatic heterocycles. The Morgan fingerprint density at radius 3 is 2.70 bits per heavy atom. The van der Waals surface area contributed by atoms with Gasteiger partial charge in [-0.2, -0.15) is 8.78 Å². The van der Waals surface area contributed by atoms with Crippen molar-refractivity contribution in [3.8, 4) is 5.75 Å². The number of rotatable bonds is 7. The highest BCUT2D eigenvalue weighted by Crippen LogP contribution is 2.15. The molecule has 0 aliphatic carbocycles. The van der Waals surface area contributed by atoms with E-state index in [1.807, 2.05) is 6.92 Å². The third kappa shape index (κ3) is 6.68. The molecule has 0 bridgehead atoms. The van der Waals surface area contributed by atoms with Gasteiger partial charge in [0, 0.05) is 19.0 Å². The lowest BCUT2D eigenvalue weighted by Gasteiger charge is -2.12. The van der Waals surface area contributed by atoms with Gasteiger partial charge in [-0.3, -0.25) is 4.79 Å². The summed E-state index contributed by atoms with van der Waals surface area (Å²) < 4.78 is 28.4. The first-order valence-corrected chi connectivity index (χ1v) is 5.99. The summed E-state index contributed by atoms with van der Waals surface area (Å²) in [4.78, 5) is 11.7. The largest absolute Gasteiger partial charge is 0.435 e. The Labute approximate surface area is 123 Å². The Morgan fingerprint density at radius 1 is 1.40 bits per heavy atom. The number of amides is 1. The fourth-order valence-electron chi connectivity index (χ4n) is 1.59. The topological polar surface area (TPSA) is 50.4 Å². The van der Waals surface area contributed by atoms with Gasteiger partial charge in [-0.05, 0) is 24.7 Å². The van der Waals surface area contributed by atoms with Crippen LogP contribution in [0.1, 0.15) is 12.5 Å². The van der Waals surface area contributed by atoms with Gasteiger partial charge < -0.3 is 15.4 Å². The highest BCUT2D eigenvalue weighted by molar-refractivity contribution is 5.85. The van der Waals surface area contributed by atoms with E-state index in [1.165, 1.54) is 12.1 Å². The predicted molar refractivity (Wildman–Crippen MR) is 75.3 cm³/mol. The van der Waals surface area contributed by atoms with Gasteiger partial charge >= 0.3 is 6.61 Å². The van der Waals surface area contributed by atoms with E-state index in [-0.39, 0.29) is 36.5 Å². The van der Waals surface area contributed by atoms with Crippen molar-refractivity contribution in [3.63, 3.8) is 0 Å². The molecule has 7 heteroatoms. The van der Waals surface area contributed by atoms with Gasteiger partial charge in [-0.1, -0.05) is 19.1 Å². The zero-order valence-electron chi connectivity index (χ0n) is 11.4. The van der Waals surface area contributed by atoms with Crippen LogP contribution in [0.5, 0.6) is 5.75 Å². The molecule has 1 atom stereocenters. The van der Waals surface area contributed by atoms with E-state index in [1.54, 1.807) is 19.2 Å². The molecule has 0 spiro atoms. The van der Waals surface area contributed by atoms with Crippen molar-refractivity contribution >= 4 is 18.3 Å². The first-order chi connectivity index (χ1) is 9.02. The molecule has 1 amide bonds. The highest BCUT2D eigenvalue weighted by atomic mass is 35.5. The minimum absolute atomic E-state index is 0. The number of benzene rings is 1. The fraction of sp³-hybridized carbons (Fsp3) is 0.462. The summed E-state index contributed by atoms with van der Waals surface area (Å²) in [5, 5.41) is 5.66. The number of hydrogen-bond acceptors (Lipinski definition) is 3. The molecule has 0 saturated heterocycles. The third-order valence-corrected chi connectivity index (χ3v) is 2.55. The zero-order chi connectivity index (χ0) is 14.3. The van der Waals surface area contributed by atoms with E-state index in [2.05, 4.69) is 15.4 Å². The van der Waals surface area contributed by atoms with Gasteiger partial charge in [0.05, 0.1) is 0 Å². The molecule has 4 nitrogen and oxygen atoms in total. The Morgan fingerprint density at radius 2 is 2.10 bits per heavy atom. The van der Waals surface area contributed by atoms with E-state index >= 15 is 0 Å². The van der Waals surface area contributed by atoms with Crippen molar-refractivity contribution in [1.29, 1.82) is 0 Å². The van der Waals surface area contributed by atoms with Crippen LogP contribution in [0.2, 0.25) is 0 Å². The summed E-state index contributed by atoms with van der Waals surface area (Å²) in [5.41, 5.74) is 0.711. The second-order valence-electron chi connectivity index (χ2n) is 4.20. The van der Waals surface area contributed by atoms with Crippen LogP contribution in [0.15, 0.2) is 24.3 Å². The fourth-order valence-corrected chi connectivity index (χ4v) is 1.59. The number of carbonyl (C=O) groups is 1. The van der Waals surface area contributed by atoms with Gasteiger partial charge in [-0.15, -0.1) is 12.4 Å². The van der Waals surface area contributed by atoms with Crippen LogP contribution in [-0.2, 0) is 11.3 Å². The van der Waals surface area contributed by atoms with Crippen LogP contribution in [-0.4, -0.2) is 26.1 Å². The Kier molecular flexibility index (Phi) is 8.83. The number of ether oxygens (including phenoxy) is 1. The van der Waals surface area contributed by atoms with Crippen molar-refractivity contribution in [2.75, 3.05) is 13.6 Å². The molecule has 1 rings (SSSR count). The number of nitrogens with one attached hydrogen (secondary N) is 2. The second kappa shape index (κ2) is 9.50. The van der Waals surface area contributed by atoms with Crippen molar-refractivity contribution in [1.82, 2.24) is 10.6 Å². The summed E-state index contributed by atoms with van der Waals surface area (Å²) in [6, 6.07) is 6.27. The van der Waals surface area contributed by atoms with Crippen molar-refractivity contribution in [2.45, 2.75) is 20.1 Å². The quantitative estimate of drug-likeness (QED) is 0.812. The monoisotopic (exact) mass is 308 g/mol. The minimum Gasteiger partial charge on any atom is -0.435 e. The van der Waals surface area contributed by atoms with Crippen molar-refractivity contribution < 1.29 is 18.3 Å². The SMILES string of the molecule is CNCC(C)C(=O)NCc1cccc(OC(F)F)c1.Cl. The number of halogens is 3. The van der Waals surface area contributed by atoms with Crippen LogP contribution in [0.25, 0.3) is 0 Å². The highest BCUT2D eigenvalue weighted by Gasteiger charge is 2.11. The summed E-state index contributed by atoms with van der Waals surface area (Å²) in [7, 11) is 1.77. The van der Waals surface area contributed by atoms with Crippen molar-refractivity contribution in [2.24, 2.45) is 5.92 Å². The van der Waals surface area contributed by atoms with E-state index in [9.17, 15) is 13.6 Å². The zero-order valence-corrected chi connectivity index (χ0v) is 12.2. The maximum atomic E-state index is 12.1. The van der Waals surface area contributed by atoms with Gasteiger partial charge in [0.15, 0.2) is 0 Å². The lowest BCUT2D eigenvalue weighted by atomic mass is 10.1. The molecule has 0 heterocycles. The van der Waals surface area contributed by atoms with Crippen molar-refractivity contribution in [3.05, 3.63) is 29.8 Å². The smallest absolute Gasteiger partial charge is 0.387 e. The normalized spacial score (nSPS) is 11.7. The average molecular weight is 309 g/mol. The standard InChI is InChI=1S/C13H18F2N2O2.ClH/c1-9(7-16-2)12(18)17-8-10-4-3-5-11(6-10)19-13(14)15;/h3-6,9,13,16H,7-8H2,1-2H3,(H,17,18);1H. The maximum Gasteiger partial charge on any atom is 0.387 e. The average Bonchev–Trinajstić information content (AvgIpc) is 2.36. The first kappa shape index (κ1) is 18.6. The maximum absolute atomic E-state index is 12.1. The molecule has 0 fully saturated rings. The number of alkyl halides is 2. The van der Waals surface area contributed by atoms with Gasteiger partial charge in [0.1, 0.15) is 5.75 Å². The van der Waals surface area contributed by atoms with Gasteiger partial charge in [0.25, 0.3) is 0 Å². The van der Waals surface area contributed by atoms with Crippen LogP contribution in [0.3, 0.4) is 0 Å².